The molecule has 1 amide bonds. The number of aromatic carboxylic acids is 1. The van der Waals surface area contributed by atoms with Gasteiger partial charge in [0, 0.05) is 10.8 Å². The third-order valence-corrected chi connectivity index (χ3v) is 4.11. The highest BCUT2D eigenvalue weighted by Gasteiger charge is 2.22. The van der Waals surface area contributed by atoms with Crippen LogP contribution in [0, 0.1) is 5.92 Å². The van der Waals surface area contributed by atoms with Crippen molar-refractivity contribution in [2.24, 2.45) is 5.92 Å². The van der Waals surface area contributed by atoms with Crippen LogP contribution < -0.4 is 5.32 Å². The van der Waals surface area contributed by atoms with E-state index in [1.807, 2.05) is 0 Å². The summed E-state index contributed by atoms with van der Waals surface area (Å²) in [5.74, 6) is -0.648. The van der Waals surface area contributed by atoms with Crippen LogP contribution in [0.2, 0.25) is 0 Å². The molecule has 0 saturated heterocycles. The first-order valence-corrected chi connectivity index (χ1v) is 6.58. The second kappa shape index (κ2) is 5.31. The molecule has 0 aromatic carbocycles. The van der Waals surface area contributed by atoms with Crippen molar-refractivity contribution in [3.8, 4) is 0 Å². The first kappa shape index (κ1) is 12.1. The van der Waals surface area contributed by atoms with E-state index in [1.54, 1.807) is 12.1 Å². The van der Waals surface area contributed by atoms with Gasteiger partial charge in [0.2, 0.25) is 5.91 Å². The van der Waals surface area contributed by atoms with Crippen LogP contribution in [-0.4, -0.2) is 17.0 Å². The number of thiophene rings is 1. The van der Waals surface area contributed by atoms with E-state index in [9.17, 15) is 9.59 Å². The van der Waals surface area contributed by atoms with Crippen LogP contribution in [0.15, 0.2) is 12.1 Å². The Balaban J connectivity index is 1.84. The molecular weight excluding hydrogens is 238 g/mol. The van der Waals surface area contributed by atoms with Crippen molar-refractivity contribution in [2.75, 3.05) is 0 Å². The molecule has 1 aromatic heterocycles. The van der Waals surface area contributed by atoms with E-state index in [0.29, 0.717) is 11.4 Å². The summed E-state index contributed by atoms with van der Waals surface area (Å²) in [6, 6.07) is 3.33. The number of rotatable bonds is 4. The van der Waals surface area contributed by atoms with Crippen LogP contribution in [0.1, 0.15) is 40.2 Å². The Morgan fingerprint density at radius 3 is 2.65 bits per heavy atom. The Hall–Kier alpha value is -1.36. The molecule has 92 valence electrons. The summed E-state index contributed by atoms with van der Waals surface area (Å²) >= 11 is 1.21. The van der Waals surface area contributed by atoms with Crippen LogP contribution in [0.5, 0.6) is 0 Å². The molecule has 2 N–H and O–H groups in total. The van der Waals surface area contributed by atoms with Crippen molar-refractivity contribution in [1.29, 1.82) is 0 Å². The number of hydrogen-bond donors (Lipinski definition) is 2. The lowest BCUT2D eigenvalue weighted by Crippen LogP contribution is -2.28. The molecule has 0 radical (unpaired) electrons. The number of carboxylic acid groups (broad SMARTS) is 1. The third-order valence-electron chi connectivity index (χ3n) is 3.04. The summed E-state index contributed by atoms with van der Waals surface area (Å²) in [6.45, 7) is 0.438. The Morgan fingerprint density at radius 1 is 1.35 bits per heavy atom. The van der Waals surface area contributed by atoms with Gasteiger partial charge >= 0.3 is 5.97 Å². The van der Waals surface area contributed by atoms with E-state index in [1.165, 1.54) is 11.3 Å². The molecule has 0 spiro atoms. The van der Waals surface area contributed by atoms with Crippen LogP contribution in [0.4, 0.5) is 0 Å². The van der Waals surface area contributed by atoms with Crippen molar-refractivity contribution >= 4 is 23.2 Å². The van der Waals surface area contributed by atoms with Gasteiger partial charge in [0.25, 0.3) is 0 Å². The zero-order valence-electron chi connectivity index (χ0n) is 9.44. The predicted octanol–water partition coefficient (Wildman–Crippen LogP) is 2.25. The van der Waals surface area contributed by atoms with Crippen molar-refractivity contribution in [3.63, 3.8) is 0 Å². The van der Waals surface area contributed by atoms with Crippen LogP contribution in [0.3, 0.4) is 0 Å². The normalized spacial score (nSPS) is 16.0. The number of nitrogens with one attached hydrogen (secondary N) is 1. The van der Waals surface area contributed by atoms with Crippen molar-refractivity contribution in [3.05, 3.63) is 21.9 Å². The summed E-state index contributed by atoms with van der Waals surface area (Å²) in [7, 11) is 0. The summed E-state index contributed by atoms with van der Waals surface area (Å²) in [4.78, 5) is 23.6. The fraction of sp³-hybridized carbons (Fsp3) is 0.500. The quantitative estimate of drug-likeness (QED) is 0.865. The third kappa shape index (κ3) is 3.06. The molecule has 1 aromatic rings. The first-order valence-electron chi connectivity index (χ1n) is 5.76. The molecule has 1 fully saturated rings. The average molecular weight is 253 g/mol. The standard InChI is InChI=1S/C12H15NO3S/c14-11(8-3-1-2-4-8)13-7-9-5-6-10(17-9)12(15)16/h5-6,8H,1-4,7H2,(H,13,14)(H,15,16). The topological polar surface area (TPSA) is 66.4 Å². The van der Waals surface area contributed by atoms with Gasteiger partial charge in [-0.05, 0) is 25.0 Å². The van der Waals surface area contributed by atoms with Crippen molar-refractivity contribution in [1.82, 2.24) is 5.32 Å². The fourth-order valence-corrected chi connectivity index (χ4v) is 2.88. The maximum absolute atomic E-state index is 11.7. The predicted molar refractivity (Wildman–Crippen MR) is 65.1 cm³/mol. The van der Waals surface area contributed by atoms with Crippen molar-refractivity contribution in [2.45, 2.75) is 32.2 Å². The lowest BCUT2D eigenvalue weighted by Gasteiger charge is -2.08. The number of carboxylic acids is 1. The van der Waals surface area contributed by atoms with Gasteiger partial charge < -0.3 is 10.4 Å². The highest BCUT2D eigenvalue weighted by atomic mass is 32.1. The minimum atomic E-state index is -0.914. The number of amides is 1. The van der Waals surface area contributed by atoms with Crippen LogP contribution >= 0.6 is 11.3 Å². The van der Waals surface area contributed by atoms with E-state index >= 15 is 0 Å². The fourth-order valence-electron chi connectivity index (χ4n) is 2.09. The number of carbonyl (C=O) groups excluding carboxylic acids is 1. The summed E-state index contributed by atoms with van der Waals surface area (Å²) < 4.78 is 0. The molecule has 1 heterocycles. The minimum absolute atomic E-state index is 0.104. The second-order valence-corrected chi connectivity index (χ2v) is 5.44. The van der Waals surface area contributed by atoms with Gasteiger partial charge in [-0.3, -0.25) is 4.79 Å². The van der Waals surface area contributed by atoms with E-state index < -0.39 is 5.97 Å². The number of carbonyl (C=O) groups is 2. The molecule has 0 atom stereocenters. The second-order valence-electron chi connectivity index (χ2n) is 4.27. The molecular formula is C12H15NO3S. The molecule has 1 aliphatic carbocycles. The molecule has 17 heavy (non-hydrogen) atoms. The molecule has 0 unspecified atom stereocenters. The van der Waals surface area contributed by atoms with Crippen molar-refractivity contribution < 1.29 is 14.7 Å². The van der Waals surface area contributed by atoms with E-state index in [4.69, 9.17) is 5.11 Å². The molecule has 5 heteroatoms. The van der Waals surface area contributed by atoms with Gasteiger partial charge in [-0.1, -0.05) is 12.8 Å². The smallest absolute Gasteiger partial charge is 0.345 e. The minimum Gasteiger partial charge on any atom is -0.477 e. The largest absolute Gasteiger partial charge is 0.477 e. The van der Waals surface area contributed by atoms with Gasteiger partial charge in [-0.15, -0.1) is 11.3 Å². The van der Waals surface area contributed by atoms with Gasteiger partial charge in [0.1, 0.15) is 4.88 Å². The monoisotopic (exact) mass is 253 g/mol. The zero-order valence-corrected chi connectivity index (χ0v) is 10.3. The maximum atomic E-state index is 11.7. The Morgan fingerprint density at radius 2 is 2.06 bits per heavy atom. The van der Waals surface area contributed by atoms with Gasteiger partial charge in [-0.2, -0.15) is 0 Å². The summed E-state index contributed by atoms with van der Waals surface area (Å²) in [6.07, 6.45) is 4.24. The summed E-state index contributed by atoms with van der Waals surface area (Å²) in [5, 5.41) is 11.6. The molecule has 0 bridgehead atoms. The maximum Gasteiger partial charge on any atom is 0.345 e. The Bertz CT molecular complexity index is 421. The lowest BCUT2D eigenvalue weighted by atomic mass is 10.1. The SMILES string of the molecule is O=C(O)c1ccc(CNC(=O)C2CCCC2)s1. The molecule has 2 rings (SSSR count). The molecule has 0 aliphatic heterocycles. The lowest BCUT2D eigenvalue weighted by molar-refractivity contribution is -0.124. The highest BCUT2D eigenvalue weighted by Crippen LogP contribution is 2.25. The molecule has 1 aliphatic rings. The highest BCUT2D eigenvalue weighted by molar-refractivity contribution is 7.13. The summed E-state index contributed by atoms with van der Waals surface area (Å²) in [5.41, 5.74) is 0. The number of hydrogen-bond acceptors (Lipinski definition) is 3. The molecule has 4 nitrogen and oxygen atoms in total. The van der Waals surface area contributed by atoms with E-state index in [-0.39, 0.29) is 11.8 Å². The van der Waals surface area contributed by atoms with Gasteiger partial charge in [0.05, 0.1) is 6.54 Å². The molecule has 1 saturated carbocycles. The average Bonchev–Trinajstić information content (AvgIpc) is 2.97. The van der Waals surface area contributed by atoms with Crippen LogP contribution in [0.25, 0.3) is 0 Å². The Labute approximate surface area is 104 Å². The van der Waals surface area contributed by atoms with Gasteiger partial charge in [0.15, 0.2) is 0 Å². The van der Waals surface area contributed by atoms with E-state index in [0.717, 1.165) is 30.6 Å². The van der Waals surface area contributed by atoms with E-state index in [2.05, 4.69) is 5.32 Å². The first-order chi connectivity index (χ1) is 8.16. The Kier molecular flexibility index (Phi) is 3.78. The van der Waals surface area contributed by atoms with Gasteiger partial charge in [-0.25, -0.2) is 4.79 Å². The van der Waals surface area contributed by atoms with Crippen LogP contribution in [-0.2, 0) is 11.3 Å². The zero-order chi connectivity index (χ0) is 12.3.